The van der Waals surface area contributed by atoms with E-state index in [-0.39, 0.29) is 5.91 Å². The molecule has 0 fully saturated rings. The Kier molecular flexibility index (Phi) is 5.08. The first-order valence-corrected chi connectivity index (χ1v) is 7.96. The van der Waals surface area contributed by atoms with Crippen molar-refractivity contribution in [3.05, 3.63) is 35.7 Å². The van der Waals surface area contributed by atoms with Gasteiger partial charge in [-0.25, -0.2) is 4.98 Å². The fourth-order valence-electron chi connectivity index (χ4n) is 2.64. The van der Waals surface area contributed by atoms with Crippen LogP contribution in [0.5, 0.6) is 5.75 Å². The van der Waals surface area contributed by atoms with Crippen LogP contribution in [0.25, 0.3) is 11.4 Å². The van der Waals surface area contributed by atoms with Crippen LogP contribution in [-0.2, 0) is 4.79 Å². The molecule has 0 aliphatic rings. The first-order valence-electron chi connectivity index (χ1n) is 7.96. The first kappa shape index (κ1) is 17.1. The largest absolute Gasteiger partial charge is 0.494 e. The van der Waals surface area contributed by atoms with Gasteiger partial charge < -0.3 is 15.0 Å². The Morgan fingerprint density at radius 1 is 1.35 bits per heavy atom. The number of carbonyl (C=O) groups is 1. The predicted molar refractivity (Wildman–Crippen MR) is 91.6 cm³/mol. The van der Waals surface area contributed by atoms with Crippen LogP contribution in [0.2, 0.25) is 0 Å². The van der Waals surface area contributed by atoms with Gasteiger partial charge in [-0.2, -0.15) is 0 Å². The average Bonchev–Trinajstić information content (AvgIpc) is 2.95. The van der Waals surface area contributed by atoms with Gasteiger partial charge in [-0.05, 0) is 49.9 Å². The molecule has 1 aromatic carbocycles. The highest BCUT2D eigenvalue weighted by atomic mass is 16.5. The number of primary amides is 1. The van der Waals surface area contributed by atoms with Crippen molar-refractivity contribution in [1.29, 1.82) is 0 Å². The van der Waals surface area contributed by atoms with Crippen molar-refractivity contribution in [2.24, 2.45) is 5.73 Å². The maximum Gasteiger partial charge on any atom is 0.240 e. The molecule has 0 radical (unpaired) electrons. The molecule has 1 heterocycles. The van der Waals surface area contributed by atoms with Gasteiger partial charge >= 0.3 is 0 Å². The number of benzene rings is 1. The van der Waals surface area contributed by atoms with E-state index in [2.05, 4.69) is 24.9 Å². The second kappa shape index (κ2) is 6.86. The monoisotopic (exact) mass is 315 g/mol. The summed E-state index contributed by atoms with van der Waals surface area (Å²) in [7, 11) is 0. The molecule has 2 aromatic rings. The smallest absolute Gasteiger partial charge is 0.240 e. The summed E-state index contributed by atoms with van der Waals surface area (Å²) < 4.78 is 7.58. The van der Waals surface area contributed by atoms with E-state index in [4.69, 9.17) is 10.5 Å². The third kappa shape index (κ3) is 3.38. The van der Waals surface area contributed by atoms with E-state index in [1.807, 2.05) is 24.5 Å². The molecule has 2 N–H and O–H groups in total. The van der Waals surface area contributed by atoms with Gasteiger partial charge in [-0.3, -0.25) is 4.79 Å². The van der Waals surface area contributed by atoms with Gasteiger partial charge in [-0.1, -0.05) is 13.8 Å². The molecular weight excluding hydrogens is 290 g/mol. The van der Waals surface area contributed by atoms with Crippen LogP contribution in [0.15, 0.2) is 24.5 Å². The Bertz CT molecular complexity index is 704. The number of hydrogen-bond acceptors (Lipinski definition) is 3. The summed E-state index contributed by atoms with van der Waals surface area (Å²) in [6, 6.07) is 3.71. The third-order valence-electron chi connectivity index (χ3n) is 4.02. The van der Waals surface area contributed by atoms with Crippen molar-refractivity contribution in [3.8, 4) is 17.1 Å². The molecule has 0 saturated carbocycles. The van der Waals surface area contributed by atoms with E-state index in [9.17, 15) is 4.79 Å². The number of nitrogens with zero attached hydrogens (tertiary/aromatic N) is 2. The lowest BCUT2D eigenvalue weighted by Gasteiger charge is -2.19. The molecular formula is C18H25N3O2. The number of imidazole rings is 1. The molecule has 0 aliphatic carbocycles. The molecule has 0 spiro atoms. The quantitative estimate of drug-likeness (QED) is 0.888. The lowest BCUT2D eigenvalue weighted by atomic mass is 9.96. The number of hydrogen-bond donors (Lipinski definition) is 1. The zero-order valence-electron chi connectivity index (χ0n) is 14.5. The fraction of sp³-hybridized carbons (Fsp3) is 0.444. The SMILES string of the molecule is CCOc1cc(C)c(-c2nccn2[C@@H](C)C(N)=O)cc1C(C)C. The maximum absolute atomic E-state index is 11.5. The van der Waals surface area contributed by atoms with Crippen molar-refractivity contribution in [2.75, 3.05) is 6.61 Å². The molecule has 124 valence electrons. The molecule has 0 bridgehead atoms. The summed E-state index contributed by atoms with van der Waals surface area (Å²) in [5.74, 6) is 1.60. The van der Waals surface area contributed by atoms with Crippen LogP contribution in [0, 0.1) is 6.92 Å². The number of aryl methyl sites for hydroxylation is 1. The van der Waals surface area contributed by atoms with Crippen molar-refractivity contribution in [3.63, 3.8) is 0 Å². The highest BCUT2D eigenvalue weighted by Gasteiger charge is 2.19. The summed E-state index contributed by atoms with van der Waals surface area (Å²) in [4.78, 5) is 16.0. The summed E-state index contributed by atoms with van der Waals surface area (Å²) in [5.41, 5.74) is 8.63. The summed E-state index contributed by atoms with van der Waals surface area (Å²) in [5, 5.41) is 0. The molecule has 0 aliphatic heterocycles. The fourth-order valence-corrected chi connectivity index (χ4v) is 2.64. The number of nitrogens with two attached hydrogens (primary N) is 1. The van der Waals surface area contributed by atoms with Crippen LogP contribution >= 0.6 is 0 Å². The van der Waals surface area contributed by atoms with Crippen molar-refractivity contribution < 1.29 is 9.53 Å². The minimum absolute atomic E-state index is 0.327. The van der Waals surface area contributed by atoms with E-state index in [0.717, 1.165) is 28.3 Å². The molecule has 0 unspecified atom stereocenters. The zero-order chi connectivity index (χ0) is 17.1. The summed E-state index contributed by atoms with van der Waals surface area (Å²) in [6.07, 6.45) is 3.48. The summed E-state index contributed by atoms with van der Waals surface area (Å²) in [6.45, 7) is 10.7. The highest BCUT2D eigenvalue weighted by molar-refractivity contribution is 5.79. The van der Waals surface area contributed by atoms with Gasteiger partial charge in [0.1, 0.15) is 17.6 Å². The van der Waals surface area contributed by atoms with E-state index in [1.54, 1.807) is 19.3 Å². The summed E-state index contributed by atoms with van der Waals surface area (Å²) >= 11 is 0. The van der Waals surface area contributed by atoms with Gasteiger partial charge in [0.15, 0.2) is 0 Å². The molecule has 1 aromatic heterocycles. The molecule has 0 saturated heterocycles. The maximum atomic E-state index is 11.5. The topological polar surface area (TPSA) is 70.1 Å². The lowest BCUT2D eigenvalue weighted by molar-refractivity contribution is -0.120. The van der Waals surface area contributed by atoms with E-state index in [1.165, 1.54) is 0 Å². The van der Waals surface area contributed by atoms with E-state index in [0.29, 0.717) is 12.5 Å². The minimum atomic E-state index is -0.444. The van der Waals surface area contributed by atoms with Gasteiger partial charge in [0, 0.05) is 18.0 Å². The average molecular weight is 315 g/mol. The number of rotatable bonds is 6. The minimum Gasteiger partial charge on any atom is -0.494 e. The standard InChI is InChI=1S/C18H25N3O2/c1-6-23-16-9-12(4)15(10-14(16)11(2)3)18-20-7-8-21(18)13(5)17(19)22/h7-11,13H,6H2,1-5H3,(H2,19,22)/t13-/m0/s1. The van der Waals surface area contributed by atoms with Gasteiger partial charge in [0.2, 0.25) is 5.91 Å². The van der Waals surface area contributed by atoms with Gasteiger partial charge in [0.25, 0.3) is 0 Å². The van der Waals surface area contributed by atoms with Gasteiger partial charge in [-0.15, -0.1) is 0 Å². The highest BCUT2D eigenvalue weighted by Crippen LogP contribution is 2.34. The lowest BCUT2D eigenvalue weighted by Crippen LogP contribution is -2.24. The van der Waals surface area contributed by atoms with Crippen LogP contribution < -0.4 is 10.5 Å². The number of carbonyl (C=O) groups excluding carboxylic acids is 1. The van der Waals surface area contributed by atoms with Crippen LogP contribution in [0.4, 0.5) is 0 Å². The third-order valence-corrected chi connectivity index (χ3v) is 4.02. The van der Waals surface area contributed by atoms with Crippen LogP contribution in [-0.4, -0.2) is 22.1 Å². The molecule has 2 rings (SSSR count). The Hall–Kier alpha value is -2.30. The Morgan fingerprint density at radius 2 is 2.04 bits per heavy atom. The molecule has 23 heavy (non-hydrogen) atoms. The Labute approximate surface area is 137 Å². The Balaban J connectivity index is 2.59. The van der Waals surface area contributed by atoms with E-state index >= 15 is 0 Å². The van der Waals surface area contributed by atoms with Crippen LogP contribution in [0.3, 0.4) is 0 Å². The molecule has 5 heteroatoms. The second-order valence-electron chi connectivity index (χ2n) is 6.03. The number of ether oxygens (including phenoxy) is 1. The Morgan fingerprint density at radius 3 is 2.61 bits per heavy atom. The van der Waals surface area contributed by atoms with Crippen molar-refractivity contribution in [1.82, 2.24) is 9.55 Å². The molecule has 1 atom stereocenters. The van der Waals surface area contributed by atoms with Crippen molar-refractivity contribution in [2.45, 2.75) is 46.6 Å². The van der Waals surface area contributed by atoms with Gasteiger partial charge in [0.05, 0.1) is 6.61 Å². The second-order valence-corrected chi connectivity index (χ2v) is 6.03. The number of aromatic nitrogens is 2. The number of amides is 1. The van der Waals surface area contributed by atoms with Crippen molar-refractivity contribution >= 4 is 5.91 Å². The van der Waals surface area contributed by atoms with Crippen LogP contribution in [0.1, 0.15) is 50.8 Å². The zero-order valence-corrected chi connectivity index (χ0v) is 14.5. The molecule has 5 nitrogen and oxygen atoms in total. The molecule has 1 amide bonds. The first-order chi connectivity index (χ1) is 10.9. The normalized spacial score (nSPS) is 12.4. The van der Waals surface area contributed by atoms with E-state index < -0.39 is 6.04 Å². The predicted octanol–water partition coefficient (Wildman–Crippen LogP) is 3.43.